The van der Waals surface area contributed by atoms with E-state index >= 15 is 0 Å². The molecule has 0 bridgehead atoms. The van der Waals surface area contributed by atoms with Gasteiger partial charge >= 0.3 is 0 Å². The third-order valence-electron chi connectivity index (χ3n) is 2.67. The molecule has 2 aromatic rings. The maximum atomic E-state index is 12.4. The zero-order valence-corrected chi connectivity index (χ0v) is 10.4. The average Bonchev–Trinajstić information content (AvgIpc) is 2.39. The van der Waals surface area contributed by atoms with E-state index in [-0.39, 0.29) is 12.4 Å². The van der Waals surface area contributed by atoms with E-state index in [1.807, 2.05) is 42.5 Å². The van der Waals surface area contributed by atoms with Crippen molar-refractivity contribution >= 4 is 12.4 Å². The summed E-state index contributed by atoms with van der Waals surface area (Å²) >= 11 is 0. The van der Waals surface area contributed by atoms with E-state index in [1.54, 1.807) is 12.1 Å². The molecule has 0 aliphatic heterocycles. The molecular formula is C14H14ClF2N. The Labute approximate surface area is 111 Å². The molecule has 0 saturated carbocycles. The first kappa shape index (κ1) is 14.6. The van der Waals surface area contributed by atoms with Gasteiger partial charge in [0.25, 0.3) is 6.43 Å². The van der Waals surface area contributed by atoms with Gasteiger partial charge in [0.15, 0.2) is 0 Å². The van der Waals surface area contributed by atoms with Gasteiger partial charge in [-0.3, -0.25) is 0 Å². The molecule has 4 heteroatoms. The fourth-order valence-corrected chi connectivity index (χ4v) is 1.67. The minimum Gasteiger partial charge on any atom is -0.319 e. The molecule has 0 aromatic heterocycles. The van der Waals surface area contributed by atoms with Crippen molar-refractivity contribution in [1.29, 1.82) is 0 Å². The Morgan fingerprint density at radius 1 is 0.778 bits per heavy atom. The molecule has 1 atom stereocenters. The summed E-state index contributed by atoms with van der Waals surface area (Å²) in [7, 11) is 0. The molecule has 0 fully saturated rings. The minimum absolute atomic E-state index is 0. The molecule has 0 aliphatic carbocycles. The summed E-state index contributed by atoms with van der Waals surface area (Å²) in [6.45, 7) is 0. The monoisotopic (exact) mass is 269 g/mol. The van der Waals surface area contributed by atoms with Crippen LogP contribution in [0.2, 0.25) is 0 Å². The van der Waals surface area contributed by atoms with Crippen LogP contribution in [-0.2, 0) is 0 Å². The van der Waals surface area contributed by atoms with E-state index in [2.05, 4.69) is 0 Å². The lowest BCUT2D eigenvalue weighted by Gasteiger charge is -2.11. The van der Waals surface area contributed by atoms with Crippen LogP contribution in [0.5, 0.6) is 0 Å². The Morgan fingerprint density at radius 3 is 1.78 bits per heavy atom. The Morgan fingerprint density at radius 2 is 1.28 bits per heavy atom. The normalized spacial score (nSPS) is 12.0. The zero-order valence-electron chi connectivity index (χ0n) is 9.59. The molecule has 2 rings (SSSR count). The van der Waals surface area contributed by atoms with Gasteiger partial charge in [0.05, 0.1) is 6.04 Å². The molecule has 0 aliphatic rings. The first-order chi connectivity index (χ1) is 8.18. The van der Waals surface area contributed by atoms with E-state index in [4.69, 9.17) is 5.73 Å². The van der Waals surface area contributed by atoms with Crippen LogP contribution in [0.15, 0.2) is 54.6 Å². The van der Waals surface area contributed by atoms with Gasteiger partial charge in [0.1, 0.15) is 0 Å². The van der Waals surface area contributed by atoms with Crippen molar-refractivity contribution < 1.29 is 8.78 Å². The number of hydrogen-bond donors (Lipinski definition) is 1. The first-order valence-electron chi connectivity index (χ1n) is 5.37. The summed E-state index contributed by atoms with van der Waals surface area (Å²) in [5, 5.41) is 0. The Kier molecular flexibility index (Phi) is 5.25. The highest BCUT2D eigenvalue weighted by Crippen LogP contribution is 2.23. The second kappa shape index (κ2) is 6.47. The van der Waals surface area contributed by atoms with Crippen LogP contribution in [0.4, 0.5) is 8.78 Å². The van der Waals surface area contributed by atoms with E-state index in [0.717, 1.165) is 11.1 Å². The number of rotatable bonds is 3. The quantitative estimate of drug-likeness (QED) is 0.894. The Bertz CT molecular complexity index is 471. The van der Waals surface area contributed by atoms with Crippen LogP contribution >= 0.6 is 12.4 Å². The van der Waals surface area contributed by atoms with Gasteiger partial charge in [-0.25, -0.2) is 8.78 Å². The van der Waals surface area contributed by atoms with Gasteiger partial charge in [-0.2, -0.15) is 0 Å². The zero-order chi connectivity index (χ0) is 12.3. The number of benzene rings is 2. The van der Waals surface area contributed by atoms with E-state index < -0.39 is 12.5 Å². The van der Waals surface area contributed by atoms with Crippen molar-refractivity contribution in [1.82, 2.24) is 0 Å². The van der Waals surface area contributed by atoms with Crippen molar-refractivity contribution in [3.8, 4) is 11.1 Å². The molecule has 0 spiro atoms. The van der Waals surface area contributed by atoms with Gasteiger partial charge in [0, 0.05) is 0 Å². The van der Waals surface area contributed by atoms with Gasteiger partial charge in [0.2, 0.25) is 0 Å². The van der Waals surface area contributed by atoms with Gasteiger partial charge in [-0.05, 0) is 16.7 Å². The minimum atomic E-state index is -2.53. The molecule has 0 radical (unpaired) electrons. The van der Waals surface area contributed by atoms with Crippen LogP contribution in [0.25, 0.3) is 11.1 Å². The molecule has 2 aromatic carbocycles. The molecule has 0 amide bonds. The largest absolute Gasteiger partial charge is 0.319 e. The highest BCUT2D eigenvalue weighted by atomic mass is 35.5. The van der Waals surface area contributed by atoms with Crippen LogP contribution in [0, 0.1) is 0 Å². The van der Waals surface area contributed by atoms with Crippen molar-refractivity contribution in [3.05, 3.63) is 60.2 Å². The highest BCUT2D eigenvalue weighted by Gasteiger charge is 2.16. The molecular weight excluding hydrogens is 256 g/mol. The fraction of sp³-hybridized carbons (Fsp3) is 0.143. The predicted octanol–water partition coefficient (Wildman–Crippen LogP) is 4.04. The predicted molar refractivity (Wildman–Crippen MR) is 72.1 cm³/mol. The van der Waals surface area contributed by atoms with Crippen molar-refractivity contribution in [2.24, 2.45) is 5.73 Å². The topological polar surface area (TPSA) is 26.0 Å². The maximum absolute atomic E-state index is 12.4. The van der Waals surface area contributed by atoms with Crippen LogP contribution < -0.4 is 5.73 Å². The number of hydrogen-bond acceptors (Lipinski definition) is 1. The Hall–Kier alpha value is -1.45. The first-order valence-corrected chi connectivity index (χ1v) is 5.37. The maximum Gasteiger partial charge on any atom is 0.257 e. The summed E-state index contributed by atoms with van der Waals surface area (Å²) in [4.78, 5) is 0. The molecule has 96 valence electrons. The number of halogens is 3. The third kappa shape index (κ3) is 3.28. The molecule has 2 N–H and O–H groups in total. The van der Waals surface area contributed by atoms with Crippen molar-refractivity contribution in [2.45, 2.75) is 12.5 Å². The smallest absolute Gasteiger partial charge is 0.257 e. The van der Waals surface area contributed by atoms with Gasteiger partial charge in [-0.15, -0.1) is 12.4 Å². The molecule has 0 heterocycles. The van der Waals surface area contributed by atoms with E-state index in [9.17, 15) is 8.78 Å². The summed E-state index contributed by atoms with van der Waals surface area (Å²) in [6, 6.07) is 15.5. The van der Waals surface area contributed by atoms with Gasteiger partial charge < -0.3 is 5.73 Å². The molecule has 0 saturated heterocycles. The number of nitrogens with two attached hydrogens (primary N) is 1. The van der Waals surface area contributed by atoms with E-state index in [1.165, 1.54) is 0 Å². The SMILES string of the molecule is Cl.N[C@@H](c1ccc(-c2ccccc2)cc1)C(F)F. The summed E-state index contributed by atoms with van der Waals surface area (Å²) in [5.41, 5.74) is 7.89. The second-order valence-electron chi connectivity index (χ2n) is 3.85. The van der Waals surface area contributed by atoms with E-state index in [0.29, 0.717) is 5.56 Å². The molecule has 18 heavy (non-hydrogen) atoms. The third-order valence-corrected chi connectivity index (χ3v) is 2.67. The Balaban J connectivity index is 0.00000162. The summed E-state index contributed by atoms with van der Waals surface area (Å²) in [6.07, 6.45) is -2.53. The second-order valence-corrected chi connectivity index (χ2v) is 3.85. The van der Waals surface area contributed by atoms with Crippen molar-refractivity contribution in [3.63, 3.8) is 0 Å². The summed E-state index contributed by atoms with van der Waals surface area (Å²) < 4.78 is 24.8. The lowest BCUT2D eigenvalue weighted by molar-refractivity contribution is 0.116. The van der Waals surface area contributed by atoms with Gasteiger partial charge in [-0.1, -0.05) is 54.6 Å². The van der Waals surface area contributed by atoms with Crippen LogP contribution in [0.1, 0.15) is 11.6 Å². The van der Waals surface area contributed by atoms with Crippen LogP contribution in [-0.4, -0.2) is 6.43 Å². The number of alkyl halides is 2. The van der Waals surface area contributed by atoms with Crippen LogP contribution in [0.3, 0.4) is 0 Å². The molecule has 1 nitrogen and oxygen atoms in total. The molecule has 0 unspecified atom stereocenters. The lowest BCUT2D eigenvalue weighted by atomic mass is 10.0. The standard InChI is InChI=1S/C14H13F2N.ClH/c15-14(16)13(17)12-8-6-11(7-9-12)10-4-2-1-3-5-10;/h1-9,13-14H,17H2;1H/t13-;/m0./s1. The average molecular weight is 270 g/mol. The van der Waals surface area contributed by atoms with Crippen molar-refractivity contribution in [2.75, 3.05) is 0 Å². The summed E-state index contributed by atoms with van der Waals surface area (Å²) in [5.74, 6) is 0. The highest BCUT2D eigenvalue weighted by molar-refractivity contribution is 5.85. The fourth-order valence-electron chi connectivity index (χ4n) is 1.67. The lowest BCUT2D eigenvalue weighted by Crippen LogP contribution is -2.18.